The molecule has 1 nitrogen and oxygen atoms in total. The largest absolute Gasteiger partial charge is 0.322 e. The number of fused-ring (bicyclic) bond motifs is 1. The van der Waals surface area contributed by atoms with Crippen molar-refractivity contribution in [2.75, 3.05) is 14.1 Å². The lowest BCUT2D eigenvalue weighted by molar-refractivity contribution is -0.930. The Bertz CT molecular complexity index is 360. The van der Waals surface area contributed by atoms with Gasteiger partial charge in [-0.05, 0) is 12.0 Å². The highest BCUT2D eigenvalue weighted by Gasteiger charge is 2.33. The van der Waals surface area contributed by atoms with Crippen molar-refractivity contribution in [1.29, 1.82) is 0 Å². The van der Waals surface area contributed by atoms with Crippen LogP contribution in [0.2, 0.25) is 6.04 Å². The summed E-state index contributed by atoms with van der Waals surface area (Å²) >= 11 is 0. The fraction of sp³-hybridized carbons (Fsp3) is 0.571. The lowest BCUT2D eigenvalue weighted by atomic mass is 9.90. The predicted octanol–water partition coefficient (Wildman–Crippen LogP) is 2.55. The van der Waals surface area contributed by atoms with Crippen LogP contribution >= 0.6 is 0 Å². The molecule has 0 bridgehead atoms. The van der Waals surface area contributed by atoms with Crippen molar-refractivity contribution in [2.45, 2.75) is 37.9 Å². The van der Waals surface area contributed by atoms with Gasteiger partial charge < -0.3 is 4.48 Å². The zero-order valence-corrected chi connectivity index (χ0v) is 11.4. The number of rotatable bonds is 3. The van der Waals surface area contributed by atoms with Gasteiger partial charge in [0.1, 0.15) is 6.54 Å². The average molecular weight is 231 g/mol. The standard InChI is InChI=1S/C14H21NSi/c1-15(2)11-13-7-4-3-6-12(13)10-14(15)8-5-9-16/h3-4,6-7,14H,5,8-11H2,1-2H3/q+1. The first-order valence-electron chi connectivity index (χ1n) is 6.17. The number of quaternary nitrogens is 1. The summed E-state index contributed by atoms with van der Waals surface area (Å²) in [6, 6.07) is 10.8. The molecular formula is C14H21NSi+. The van der Waals surface area contributed by atoms with E-state index >= 15 is 0 Å². The van der Waals surface area contributed by atoms with E-state index in [-0.39, 0.29) is 0 Å². The number of hydrogen-bond donors (Lipinski definition) is 0. The first kappa shape index (κ1) is 11.9. The van der Waals surface area contributed by atoms with E-state index in [9.17, 15) is 0 Å². The van der Waals surface area contributed by atoms with Crippen LogP contribution in [-0.2, 0) is 13.0 Å². The molecule has 16 heavy (non-hydrogen) atoms. The second-order valence-corrected chi connectivity index (χ2v) is 5.96. The lowest BCUT2D eigenvalue weighted by Gasteiger charge is -2.42. The summed E-state index contributed by atoms with van der Waals surface area (Å²) in [5.74, 6) is 0. The molecule has 1 aliphatic heterocycles. The van der Waals surface area contributed by atoms with Gasteiger partial charge in [0.05, 0.1) is 20.1 Å². The maximum atomic E-state index is 3.58. The number of hydrogen-bond acceptors (Lipinski definition) is 0. The van der Waals surface area contributed by atoms with E-state index in [1.54, 1.807) is 11.1 Å². The third kappa shape index (κ3) is 2.38. The molecule has 0 saturated heterocycles. The molecule has 2 rings (SSSR count). The summed E-state index contributed by atoms with van der Waals surface area (Å²) in [6.45, 7) is 1.18. The Balaban J connectivity index is 2.18. The Kier molecular flexibility index (Phi) is 3.50. The molecule has 85 valence electrons. The molecule has 1 aromatic rings. The minimum Gasteiger partial charge on any atom is -0.322 e. The van der Waals surface area contributed by atoms with Gasteiger partial charge in [0.15, 0.2) is 0 Å². The van der Waals surface area contributed by atoms with Crippen LogP contribution in [-0.4, -0.2) is 34.9 Å². The van der Waals surface area contributed by atoms with Gasteiger partial charge in [-0.3, -0.25) is 0 Å². The van der Waals surface area contributed by atoms with Gasteiger partial charge in [-0.2, -0.15) is 0 Å². The molecule has 0 saturated carbocycles. The van der Waals surface area contributed by atoms with Crippen molar-refractivity contribution in [3.05, 3.63) is 35.4 Å². The molecule has 3 radical (unpaired) electrons. The van der Waals surface area contributed by atoms with Gasteiger partial charge in [0, 0.05) is 22.2 Å². The third-order valence-electron chi connectivity index (χ3n) is 3.85. The lowest BCUT2D eigenvalue weighted by Crippen LogP contribution is -2.51. The van der Waals surface area contributed by atoms with Gasteiger partial charge in [-0.1, -0.05) is 36.7 Å². The van der Waals surface area contributed by atoms with Crippen molar-refractivity contribution in [3.63, 3.8) is 0 Å². The molecule has 1 unspecified atom stereocenters. The molecule has 1 heterocycles. The second-order valence-electron chi connectivity index (χ2n) is 5.46. The molecule has 0 fully saturated rings. The van der Waals surface area contributed by atoms with Crippen molar-refractivity contribution in [2.24, 2.45) is 0 Å². The molecule has 0 spiro atoms. The molecule has 1 atom stereocenters. The van der Waals surface area contributed by atoms with E-state index in [1.807, 2.05) is 0 Å². The van der Waals surface area contributed by atoms with Crippen molar-refractivity contribution >= 4 is 10.2 Å². The highest BCUT2D eigenvalue weighted by atomic mass is 28.1. The van der Waals surface area contributed by atoms with Gasteiger partial charge in [-0.25, -0.2) is 0 Å². The van der Waals surface area contributed by atoms with Gasteiger partial charge in [0.25, 0.3) is 0 Å². The fourth-order valence-corrected chi connectivity index (χ4v) is 2.97. The van der Waals surface area contributed by atoms with E-state index in [1.165, 1.54) is 25.8 Å². The van der Waals surface area contributed by atoms with Crippen LogP contribution in [0, 0.1) is 0 Å². The Morgan fingerprint density at radius 2 is 1.94 bits per heavy atom. The summed E-state index contributed by atoms with van der Waals surface area (Å²) in [5, 5.41) is 0. The summed E-state index contributed by atoms with van der Waals surface area (Å²) in [7, 11) is 8.32. The maximum Gasteiger partial charge on any atom is 0.104 e. The smallest absolute Gasteiger partial charge is 0.104 e. The first-order chi connectivity index (χ1) is 7.63. The summed E-state index contributed by atoms with van der Waals surface area (Å²) in [5.41, 5.74) is 3.11. The molecular weight excluding hydrogens is 210 g/mol. The van der Waals surface area contributed by atoms with E-state index in [4.69, 9.17) is 0 Å². The fourth-order valence-electron chi connectivity index (χ4n) is 2.77. The van der Waals surface area contributed by atoms with Gasteiger partial charge in [0.2, 0.25) is 0 Å². The molecule has 1 aromatic carbocycles. The molecule has 0 aliphatic carbocycles. The number of benzene rings is 1. The van der Waals surface area contributed by atoms with Crippen LogP contribution in [0.4, 0.5) is 0 Å². The van der Waals surface area contributed by atoms with E-state index in [0.717, 1.165) is 16.6 Å². The van der Waals surface area contributed by atoms with Crippen LogP contribution in [0.25, 0.3) is 0 Å². The highest BCUT2D eigenvalue weighted by molar-refractivity contribution is 6.08. The SMILES string of the molecule is C[N+]1(C)Cc2ccccc2CC1CCC[Si]. The Hall–Kier alpha value is -0.603. The minimum atomic E-state index is 0.784. The van der Waals surface area contributed by atoms with Crippen LogP contribution < -0.4 is 0 Å². The Morgan fingerprint density at radius 3 is 2.62 bits per heavy atom. The zero-order valence-electron chi connectivity index (χ0n) is 10.4. The quantitative estimate of drug-likeness (QED) is 0.554. The second kappa shape index (κ2) is 4.72. The molecule has 0 N–H and O–H groups in total. The normalized spacial score (nSPS) is 22.8. The summed E-state index contributed by atoms with van der Waals surface area (Å²) in [6.07, 6.45) is 3.85. The Morgan fingerprint density at radius 1 is 1.25 bits per heavy atom. The number of likely N-dealkylation sites (N-methyl/N-ethyl adjacent to an activating group) is 1. The predicted molar refractivity (Wildman–Crippen MR) is 69.5 cm³/mol. The van der Waals surface area contributed by atoms with Crippen molar-refractivity contribution in [1.82, 2.24) is 0 Å². The van der Waals surface area contributed by atoms with Crippen LogP contribution in [0.1, 0.15) is 24.0 Å². The molecule has 0 amide bonds. The van der Waals surface area contributed by atoms with Crippen LogP contribution in [0.15, 0.2) is 24.3 Å². The summed E-state index contributed by atoms with van der Waals surface area (Å²) < 4.78 is 1.14. The average Bonchev–Trinajstić information content (AvgIpc) is 2.25. The zero-order chi connectivity index (χ0) is 11.6. The minimum absolute atomic E-state index is 0.784. The highest BCUT2D eigenvalue weighted by Crippen LogP contribution is 2.29. The molecule has 1 aliphatic rings. The summed E-state index contributed by atoms with van der Waals surface area (Å²) in [4.78, 5) is 0. The first-order valence-corrected chi connectivity index (χ1v) is 6.88. The van der Waals surface area contributed by atoms with Crippen molar-refractivity contribution < 1.29 is 4.48 Å². The van der Waals surface area contributed by atoms with Crippen molar-refractivity contribution in [3.8, 4) is 0 Å². The number of nitrogens with zero attached hydrogens (tertiary/aromatic N) is 1. The maximum absolute atomic E-state index is 3.58. The molecule has 2 heteroatoms. The van der Waals surface area contributed by atoms with E-state index in [2.05, 4.69) is 48.6 Å². The van der Waals surface area contributed by atoms with E-state index < -0.39 is 0 Å². The topological polar surface area (TPSA) is 0 Å². The Labute approximate surface area is 102 Å². The van der Waals surface area contributed by atoms with Crippen LogP contribution in [0.5, 0.6) is 0 Å². The monoisotopic (exact) mass is 231 g/mol. The molecule has 0 aromatic heterocycles. The van der Waals surface area contributed by atoms with Gasteiger partial charge >= 0.3 is 0 Å². The van der Waals surface area contributed by atoms with E-state index in [0.29, 0.717) is 0 Å². The van der Waals surface area contributed by atoms with Crippen LogP contribution in [0.3, 0.4) is 0 Å². The third-order valence-corrected chi connectivity index (χ3v) is 4.21. The van der Waals surface area contributed by atoms with Gasteiger partial charge in [-0.15, -0.1) is 0 Å².